The molecule has 3 rings (SSSR count). The maximum atomic E-state index is 12.7. The summed E-state index contributed by atoms with van der Waals surface area (Å²) in [5.74, 6) is -0.692. The maximum absolute atomic E-state index is 12.7. The van der Waals surface area contributed by atoms with E-state index in [4.69, 9.17) is 4.74 Å². The predicted octanol–water partition coefficient (Wildman–Crippen LogP) is 3.43. The third-order valence-corrected chi connectivity index (χ3v) is 6.71. The predicted molar refractivity (Wildman–Crippen MR) is 102 cm³/mol. The Hall–Kier alpha value is -1.85. The van der Waals surface area contributed by atoms with Gasteiger partial charge in [0.25, 0.3) is 0 Å². The van der Waals surface area contributed by atoms with Crippen LogP contribution in [0.1, 0.15) is 56.8 Å². The van der Waals surface area contributed by atoms with Crippen LogP contribution in [-0.2, 0) is 4.74 Å². The Bertz CT molecular complexity index is 725. The van der Waals surface area contributed by atoms with Gasteiger partial charge in [0.1, 0.15) is 11.9 Å². The van der Waals surface area contributed by atoms with Crippen LogP contribution < -0.4 is 0 Å². The molecule has 0 unspecified atom stereocenters. The van der Waals surface area contributed by atoms with Crippen LogP contribution in [0, 0.1) is 17.3 Å². The number of carbonyl (C=O) groups excluding carboxylic acids is 1. The molecular weight excluding hydrogens is 344 g/mol. The second-order valence-electron chi connectivity index (χ2n) is 8.85. The van der Waals surface area contributed by atoms with Crippen LogP contribution in [0.5, 0.6) is 5.75 Å². The maximum Gasteiger partial charge on any atom is 0.338 e. The van der Waals surface area contributed by atoms with Crippen molar-refractivity contribution < 1.29 is 24.9 Å². The van der Waals surface area contributed by atoms with Crippen molar-refractivity contribution in [1.29, 1.82) is 0 Å². The van der Waals surface area contributed by atoms with Crippen LogP contribution in [-0.4, -0.2) is 39.1 Å². The lowest BCUT2D eigenvalue weighted by molar-refractivity contribution is -0.113. The monoisotopic (exact) mass is 374 g/mol. The SMILES string of the molecule is C=C1C[C@H](OC(=O)c2ccc(O)cc2)[C@@H]2[C@](C)(CC[C@@]2(O)C(C)C)C[C@@H]1O. The van der Waals surface area contributed by atoms with Crippen LogP contribution >= 0.6 is 0 Å². The Morgan fingerprint density at radius 2 is 1.89 bits per heavy atom. The van der Waals surface area contributed by atoms with E-state index in [0.717, 1.165) is 6.42 Å². The van der Waals surface area contributed by atoms with Crippen molar-refractivity contribution in [2.75, 3.05) is 0 Å². The molecule has 148 valence electrons. The fourth-order valence-corrected chi connectivity index (χ4v) is 5.06. The summed E-state index contributed by atoms with van der Waals surface area (Å²) in [7, 11) is 0. The quantitative estimate of drug-likeness (QED) is 0.557. The summed E-state index contributed by atoms with van der Waals surface area (Å²) in [4.78, 5) is 12.7. The first-order valence-electron chi connectivity index (χ1n) is 9.65. The van der Waals surface area contributed by atoms with Crippen LogP contribution in [0.25, 0.3) is 0 Å². The molecule has 0 spiro atoms. The van der Waals surface area contributed by atoms with Gasteiger partial charge < -0.3 is 20.1 Å². The molecule has 2 saturated carbocycles. The number of esters is 1. The number of hydrogen-bond acceptors (Lipinski definition) is 5. The van der Waals surface area contributed by atoms with Gasteiger partial charge in [-0.15, -0.1) is 0 Å². The Morgan fingerprint density at radius 1 is 1.26 bits per heavy atom. The minimum atomic E-state index is -0.959. The number of rotatable bonds is 3. The van der Waals surface area contributed by atoms with Gasteiger partial charge in [-0.2, -0.15) is 0 Å². The number of ether oxygens (including phenoxy) is 1. The van der Waals surface area contributed by atoms with Crippen LogP contribution in [0.2, 0.25) is 0 Å². The normalized spacial score (nSPS) is 36.4. The van der Waals surface area contributed by atoms with Crippen molar-refractivity contribution in [2.45, 2.75) is 64.3 Å². The van der Waals surface area contributed by atoms with Gasteiger partial charge in [-0.3, -0.25) is 0 Å². The van der Waals surface area contributed by atoms with Gasteiger partial charge in [-0.05, 0) is 60.4 Å². The summed E-state index contributed by atoms with van der Waals surface area (Å²) in [5, 5.41) is 31.4. The molecule has 5 heteroatoms. The highest BCUT2D eigenvalue weighted by Gasteiger charge is 2.60. The lowest BCUT2D eigenvalue weighted by atomic mass is 9.67. The van der Waals surface area contributed by atoms with Gasteiger partial charge in [0, 0.05) is 12.3 Å². The average molecular weight is 374 g/mol. The van der Waals surface area contributed by atoms with Gasteiger partial charge in [0.15, 0.2) is 0 Å². The standard InChI is InChI=1S/C22H30O5/c1-13(2)22(26)10-9-21(4)12-17(24)14(3)11-18(19(21)22)27-20(25)15-5-7-16(23)8-6-15/h5-8,13,17-19,23-24,26H,3,9-12H2,1-2,4H3/t17-,18-,19+,21+,22+/m0/s1. The van der Waals surface area contributed by atoms with E-state index >= 15 is 0 Å². The average Bonchev–Trinajstić information content (AvgIpc) is 2.81. The molecule has 2 aliphatic carbocycles. The highest BCUT2D eigenvalue weighted by Crippen LogP contribution is 2.58. The molecule has 2 aliphatic rings. The molecule has 0 radical (unpaired) electrons. The fraction of sp³-hybridized carbons (Fsp3) is 0.591. The van der Waals surface area contributed by atoms with E-state index in [1.807, 2.05) is 13.8 Å². The molecule has 5 atom stereocenters. The van der Waals surface area contributed by atoms with E-state index < -0.39 is 23.8 Å². The third-order valence-electron chi connectivity index (χ3n) is 6.71. The molecule has 5 nitrogen and oxygen atoms in total. The number of aliphatic hydroxyl groups excluding tert-OH is 1. The van der Waals surface area contributed by atoms with Crippen molar-refractivity contribution >= 4 is 5.97 Å². The minimum absolute atomic E-state index is 0.00251. The van der Waals surface area contributed by atoms with Crippen LogP contribution in [0.15, 0.2) is 36.4 Å². The van der Waals surface area contributed by atoms with Gasteiger partial charge in [-0.1, -0.05) is 27.4 Å². The summed E-state index contributed by atoms with van der Waals surface area (Å²) in [6.45, 7) is 10.0. The summed E-state index contributed by atoms with van der Waals surface area (Å²) in [5.41, 5.74) is -0.312. The Labute approximate surface area is 160 Å². The van der Waals surface area contributed by atoms with E-state index in [1.54, 1.807) is 0 Å². The highest BCUT2D eigenvalue weighted by molar-refractivity contribution is 5.89. The van der Waals surface area contributed by atoms with Crippen molar-refractivity contribution in [3.8, 4) is 5.75 Å². The molecule has 0 bridgehead atoms. The summed E-state index contributed by atoms with van der Waals surface area (Å²) in [6.07, 6.45) is 1.02. The number of fused-ring (bicyclic) bond motifs is 1. The van der Waals surface area contributed by atoms with E-state index in [2.05, 4.69) is 13.5 Å². The summed E-state index contributed by atoms with van der Waals surface area (Å²) in [6, 6.07) is 5.91. The van der Waals surface area contributed by atoms with E-state index in [9.17, 15) is 20.1 Å². The Kier molecular flexibility index (Phi) is 5.12. The van der Waals surface area contributed by atoms with Gasteiger partial charge in [-0.25, -0.2) is 4.79 Å². The topological polar surface area (TPSA) is 87.0 Å². The van der Waals surface area contributed by atoms with E-state index in [1.165, 1.54) is 24.3 Å². The molecule has 1 aromatic carbocycles. The zero-order valence-corrected chi connectivity index (χ0v) is 16.3. The first-order chi connectivity index (χ1) is 12.6. The second kappa shape index (κ2) is 6.95. The number of aliphatic hydroxyl groups is 2. The molecule has 0 aromatic heterocycles. The highest BCUT2D eigenvalue weighted by atomic mass is 16.5. The number of phenolic OH excluding ortho intramolecular Hbond substituents is 1. The first-order valence-corrected chi connectivity index (χ1v) is 9.65. The minimum Gasteiger partial charge on any atom is -0.508 e. The van der Waals surface area contributed by atoms with Gasteiger partial charge >= 0.3 is 5.97 Å². The van der Waals surface area contributed by atoms with Crippen molar-refractivity contribution in [3.63, 3.8) is 0 Å². The van der Waals surface area contributed by atoms with Gasteiger partial charge in [0.05, 0.1) is 17.3 Å². The van der Waals surface area contributed by atoms with Gasteiger partial charge in [0.2, 0.25) is 0 Å². The fourth-order valence-electron chi connectivity index (χ4n) is 5.06. The third kappa shape index (κ3) is 3.50. The largest absolute Gasteiger partial charge is 0.508 e. The Balaban J connectivity index is 1.95. The number of benzene rings is 1. The van der Waals surface area contributed by atoms with Crippen molar-refractivity contribution in [3.05, 3.63) is 42.0 Å². The molecule has 2 fully saturated rings. The smallest absolute Gasteiger partial charge is 0.338 e. The number of phenols is 1. The van der Waals surface area contributed by atoms with Crippen LogP contribution in [0.4, 0.5) is 0 Å². The molecule has 27 heavy (non-hydrogen) atoms. The van der Waals surface area contributed by atoms with Crippen LogP contribution in [0.3, 0.4) is 0 Å². The zero-order chi connectivity index (χ0) is 20.0. The molecular formula is C22H30O5. The number of carbonyl (C=O) groups is 1. The number of aromatic hydroxyl groups is 1. The molecule has 0 heterocycles. The summed E-state index contributed by atoms with van der Waals surface area (Å²) < 4.78 is 5.89. The summed E-state index contributed by atoms with van der Waals surface area (Å²) >= 11 is 0. The lowest BCUT2D eigenvalue weighted by Crippen LogP contribution is -2.50. The van der Waals surface area contributed by atoms with Crippen molar-refractivity contribution in [1.82, 2.24) is 0 Å². The van der Waals surface area contributed by atoms with E-state index in [-0.39, 0.29) is 23.0 Å². The Morgan fingerprint density at radius 3 is 2.48 bits per heavy atom. The molecule has 0 amide bonds. The zero-order valence-electron chi connectivity index (χ0n) is 16.3. The van der Waals surface area contributed by atoms with Crippen molar-refractivity contribution in [2.24, 2.45) is 17.3 Å². The molecule has 0 aliphatic heterocycles. The van der Waals surface area contributed by atoms with E-state index in [0.29, 0.717) is 30.4 Å². The molecule has 3 N–H and O–H groups in total. The molecule has 0 saturated heterocycles. The number of hydrogen-bond donors (Lipinski definition) is 3. The lowest BCUT2D eigenvalue weighted by Gasteiger charge is -2.43. The second-order valence-corrected chi connectivity index (χ2v) is 8.85. The first kappa shape index (κ1) is 19.9. The molecule has 1 aromatic rings.